The lowest BCUT2D eigenvalue weighted by atomic mass is 10.4. The fourth-order valence-electron chi connectivity index (χ4n) is 1.32. The molecule has 2 aromatic rings. The topological polar surface area (TPSA) is 63.6 Å². The van der Waals surface area contributed by atoms with Crippen molar-refractivity contribution in [3.8, 4) is 0 Å². The van der Waals surface area contributed by atoms with Crippen molar-refractivity contribution in [3.05, 3.63) is 17.6 Å². The van der Waals surface area contributed by atoms with Gasteiger partial charge in [-0.3, -0.25) is 0 Å². The fraction of sp³-hybridized carbons (Fsp3) is 0.455. The second-order valence-corrected chi connectivity index (χ2v) is 5.83. The molecule has 0 amide bonds. The van der Waals surface area contributed by atoms with Crippen molar-refractivity contribution in [1.29, 1.82) is 0 Å². The summed E-state index contributed by atoms with van der Waals surface area (Å²) in [6.07, 6.45) is 1.05. The van der Waals surface area contributed by atoms with E-state index in [2.05, 4.69) is 31.6 Å². The summed E-state index contributed by atoms with van der Waals surface area (Å²) in [5.41, 5.74) is 0.951. The number of aromatic nitrogens is 4. The smallest absolute Gasteiger partial charge is 0.223 e. The maximum absolute atomic E-state index is 4.46. The molecule has 0 aliphatic carbocycles. The summed E-state index contributed by atoms with van der Waals surface area (Å²) in [4.78, 5) is 13.1. The molecule has 0 radical (unpaired) electrons. The van der Waals surface area contributed by atoms with E-state index in [0.717, 1.165) is 33.8 Å². The van der Waals surface area contributed by atoms with Crippen LogP contribution in [0.5, 0.6) is 0 Å². The molecule has 5 nitrogen and oxygen atoms in total. The minimum atomic E-state index is 0.681. The van der Waals surface area contributed by atoms with E-state index in [0.29, 0.717) is 5.95 Å². The van der Waals surface area contributed by atoms with E-state index in [4.69, 9.17) is 0 Å². The summed E-state index contributed by atoms with van der Waals surface area (Å²) in [5.74, 6) is 1.48. The molecule has 0 bridgehead atoms. The molecule has 0 saturated carbocycles. The van der Waals surface area contributed by atoms with Gasteiger partial charge in [-0.1, -0.05) is 6.92 Å². The van der Waals surface area contributed by atoms with E-state index in [9.17, 15) is 0 Å². The van der Waals surface area contributed by atoms with Gasteiger partial charge in [-0.25, -0.2) is 15.0 Å². The Bertz CT molecular complexity index is 526. The molecule has 2 rings (SSSR count). The number of anilines is 1. The molecule has 2 aromatic heterocycles. The monoisotopic (exact) mass is 281 g/mol. The first kappa shape index (κ1) is 13.2. The van der Waals surface area contributed by atoms with Gasteiger partial charge in [-0.05, 0) is 49.6 Å². The first-order chi connectivity index (χ1) is 8.67. The molecular formula is C11H15N5S2. The summed E-state index contributed by atoms with van der Waals surface area (Å²) >= 11 is 2.92. The van der Waals surface area contributed by atoms with E-state index < -0.39 is 0 Å². The highest BCUT2D eigenvalue weighted by molar-refractivity contribution is 8.00. The molecule has 18 heavy (non-hydrogen) atoms. The first-order valence-corrected chi connectivity index (χ1v) is 7.34. The highest BCUT2D eigenvalue weighted by Crippen LogP contribution is 2.28. The third kappa shape index (κ3) is 3.64. The molecule has 0 atom stereocenters. The number of hydrogen-bond donors (Lipinski definition) is 1. The lowest BCUT2D eigenvalue weighted by Gasteiger charge is -2.05. The van der Waals surface area contributed by atoms with Gasteiger partial charge in [0.25, 0.3) is 0 Å². The molecule has 0 aliphatic heterocycles. The molecule has 0 fully saturated rings. The number of nitrogens with zero attached hydrogens (tertiary/aromatic N) is 4. The Morgan fingerprint density at radius 3 is 2.78 bits per heavy atom. The van der Waals surface area contributed by atoms with Gasteiger partial charge in [0.15, 0.2) is 4.34 Å². The average molecular weight is 281 g/mol. The van der Waals surface area contributed by atoms with Gasteiger partial charge >= 0.3 is 0 Å². The maximum Gasteiger partial charge on any atom is 0.223 e. The van der Waals surface area contributed by atoms with Crippen molar-refractivity contribution < 1.29 is 0 Å². The number of rotatable bonds is 5. The van der Waals surface area contributed by atoms with Crippen LogP contribution >= 0.6 is 23.3 Å². The van der Waals surface area contributed by atoms with Crippen LogP contribution in [-0.4, -0.2) is 25.9 Å². The van der Waals surface area contributed by atoms with Gasteiger partial charge in [0.2, 0.25) is 5.95 Å². The van der Waals surface area contributed by atoms with E-state index in [1.165, 1.54) is 23.3 Å². The van der Waals surface area contributed by atoms with Crippen molar-refractivity contribution >= 4 is 29.2 Å². The van der Waals surface area contributed by atoms with Gasteiger partial charge in [-0.15, -0.1) is 0 Å². The highest BCUT2D eigenvalue weighted by Gasteiger charge is 2.07. The summed E-state index contributed by atoms with van der Waals surface area (Å²) < 4.78 is 5.07. The molecule has 0 aliphatic rings. The van der Waals surface area contributed by atoms with Gasteiger partial charge in [-0.2, -0.15) is 4.37 Å². The summed E-state index contributed by atoms with van der Waals surface area (Å²) in [7, 11) is 0. The predicted octanol–water partition coefficient (Wildman–Crippen LogP) is 2.92. The summed E-state index contributed by atoms with van der Waals surface area (Å²) in [6.45, 7) is 6.85. The molecule has 1 N–H and O–H groups in total. The normalized spacial score (nSPS) is 10.6. The van der Waals surface area contributed by atoms with E-state index >= 15 is 0 Å². The van der Waals surface area contributed by atoms with E-state index in [1.54, 1.807) is 0 Å². The second kappa shape index (κ2) is 6.10. The van der Waals surface area contributed by atoms with Crippen LogP contribution in [0.1, 0.15) is 24.9 Å². The minimum absolute atomic E-state index is 0.681. The van der Waals surface area contributed by atoms with Crippen LogP contribution in [0.15, 0.2) is 15.4 Å². The molecular weight excluding hydrogens is 266 g/mol. The lowest BCUT2D eigenvalue weighted by Crippen LogP contribution is -2.05. The summed E-state index contributed by atoms with van der Waals surface area (Å²) in [5, 5.41) is 4.10. The van der Waals surface area contributed by atoms with Crippen LogP contribution in [0.4, 0.5) is 5.95 Å². The van der Waals surface area contributed by atoms with Crippen LogP contribution in [0.3, 0.4) is 0 Å². The summed E-state index contributed by atoms with van der Waals surface area (Å²) in [6, 6.07) is 1.96. The van der Waals surface area contributed by atoms with Crippen LogP contribution in [0.25, 0.3) is 0 Å². The predicted molar refractivity (Wildman–Crippen MR) is 74.3 cm³/mol. The molecule has 0 aromatic carbocycles. The van der Waals surface area contributed by atoms with E-state index in [-0.39, 0.29) is 0 Å². The van der Waals surface area contributed by atoms with E-state index in [1.807, 2.05) is 19.9 Å². The zero-order chi connectivity index (χ0) is 13.0. The van der Waals surface area contributed by atoms with Crippen LogP contribution < -0.4 is 5.32 Å². The Labute approximate surface area is 115 Å². The standard InChI is InChI=1S/C11H15N5S2/c1-4-5-12-10-13-7(2)6-9(15-10)17-11-14-8(3)16-18-11/h6H,4-5H2,1-3H3,(H,12,13,15). The van der Waals surface area contributed by atoms with Crippen LogP contribution in [-0.2, 0) is 0 Å². The number of aryl methyl sites for hydroxylation is 2. The average Bonchev–Trinajstić information content (AvgIpc) is 2.71. The number of hydrogen-bond acceptors (Lipinski definition) is 7. The van der Waals surface area contributed by atoms with Gasteiger partial charge in [0.05, 0.1) is 0 Å². The SMILES string of the molecule is CCCNc1nc(C)cc(Sc2nc(C)ns2)n1. The maximum atomic E-state index is 4.46. The largest absolute Gasteiger partial charge is 0.354 e. The quantitative estimate of drug-likeness (QED) is 0.850. The second-order valence-electron chi connectivity index (χ2n) is 3.81. The van der Waals surface area contributed by atoms with Crippen molar-refractivity contribution in [2.24, 2.45) is 0 Å². The Morgan fingerprint density at radius 2 is 2.11 bits per heavy atom. The Hall–Kier alpha value is -1.21. The van der Waals surface area contributed by atoms with Gasteiger partial charge in [0.1, 0.15) is 10.9 Å². The Balaban J connectivity index is 2.14. The van der Waals surface area contributed by atoms with Crippen molar-refractivity contribution in [3.63, 3.8) is 0 Å². The van der Waals surface area contributed by atoms with Crippen molar-refractivity contribution in [1.82, 2.24) is 19.3 Å². The third-order valence-electron chi connectivity index (χ3n) is 2.06. The molecule has 96 valence electrons. The molecule has 2 heterocycles. The van der Waals surface area contributed by atoms with Crippen LogP contribution in [0.2, 0.25) is 0 Å². The van der Waals surface area contributed by atoms with Gasteiger partial charge in [0, 0.05) is 12.2 Å². The zero-order valence-electron chi connectivity index (χ0n) is 10.6. The highest BCUT2D eigenvalue weighted by atomic mass is 32.2. The Morgan fingerprint density at radius 1 is 1.28 bits per heavy atom. The zero-order valence-corrected chi connectivity index (χ0v) is 12.2. The first-order valence-electron chi connectivity index (χ1n) is 5.75. The van der Waals surface area contributed by atoms with Crippen molar-refractivity contribution in [2.75, 3.05) is 11.9 Å². The lowest BCUT2D eigenvalue weighted by molar-refractivity contribution is 0.924. The van der Waals surface area contributed by atoms with Gasteiger partial charge < -0.3 is 5.32 Å². The molecule has 0 spiro atoms. The fourth-order valence-corrected chi connectivity index (χ4v) is 2.98. The Kier molecular flexibility index (Phi) is 4.48. The molecule has 0 unspecified atom stereocenters. The van der Waals surface area contributed by atoms with Crippen molar-refractivity contribution in [2.45, 2.75) is 36.6 Å². The number of nitrogens with one attached hydrogen (secondary N) is 1. The molecule has 0 saturated heterocycles. The van der Waals surface area contributed by atoms with Crippen LogP contribution in [0, 0.1) is 13.8 Å². The minimum Gasteiger partial charge on any atom is -0.354 e. The molecule has 7 heteroatoms. The third-order valence-corrected chi connectivity index (χ3v) is 3.83.